The Hall–Kier alpha value is -1.95. The molecule has 0 saturated heterocycles. The number of hydrogen-bond acceptors (Lipinski definition) is 4. The molecule has 0 aliphatic carbocycles. The van der Waals surface area contributed by atoms with E-state index >= 15 is 0 Å². The Balaban J connectivity index is 2.70. The number of rotatable bonds is 5. The molecule has 2 aromatic heterocycles. The molecule has 0 bridgehead atoms. The fourth-order valence-corrected chi connectivity index (χ4v) is 2.79. The topological polar surface area (TPSA) is 80.0 Å². The number of pyridine rings is 1. The number of aryl methyl sites for hydroxylation is 1. The second-order valence-electron chi connectivity index (χ2n) is 7.88. The first kappa shape index (κ1) is 19.4. The summed E-state index contributed by atoms with van der Waals surface area (Å²) < 4.78 is 1.89. The molecule has 1 atom stereocenters. The molecule has 0 aliphatic heterocycles. The summed E-state index contributed by atoms with van der Waals surface area (Å²) in [5, 5.41) is 17.7. The van der Waals surface area contributed by atoms with Gasteiger partial charge in [0.1, 0.15) is 0 Å². The van der Waals surface area contributed by atoms with E-state index in [2.05, 4.69) is 45.0 Å². The second kappa shape index (κ2) is 7.12. The molecule has 1 unspecified atom stereocenters. The summed E-state index contributed by atoms with van der Waals surface area (Å²) in [5.74, 6) is 0.00569. The first-order chi connectivity index (χ1) is 11.6. The summed E-state index contributed by atoms with van der Waals surface area (Å²) in [6, 6.07) is 1.60. The number of aliphatic hydroxyl groups is 1. The average Bonchev–Trinajstić information content (AvgIpc) is 2.88. The van der Waals surface area contributed by atoms with E-state index in [-0.39, 0.29) is 30.0 Å². The molecule has 0 radical (unpaired) electrons. The largest absolute Gasteiger partial charge is 0.394 e. The van der Waals surface area contributed by atoms with Crippen molar-refractivity contribution in [3.63, 3.8) is 0 Å². The summed E-state index contributed by atoms with van der Waals surface area (Å²) in [6.07, 6.45) is 0.674. The lowest BCUT2D eigenvalue weighted by Crippen LogP contribution is -2.37. The Morgan fingerprint density at radius 3 is 2.48 bits per heavy atom. The quantitative estimate of drug-likeness (QED) is 0.872. The molecule has 0 spiro atoms. The molecule has 2 N–H and O–H groups in total. The molecule has 0 aliphatic rings. The van der Waals surface area contributed by atoms with Crippen molar-refractivity contribution >= 4 is 16.9 Å². The van der Waals surface area contributed by atoms with Crippen LogP contribution < -0.4 is 5.32 Å². The van der Waals surface area contributed by atoms with Gasteiger partial charge < -0.3 is 10.4 Å². The highest BCUT2D eigenvalue weighted by Gasteiger charge is 2.25. The van der Waals surface area contributed by atoms with Crippen molar-refractivity contribution in [2.24, 2.45) is 0 Å². The summed E-state index contributed by atoms with van der Waals surface area (Å²) in [4.78, 5) is 17.7. The molecule has 0 aromatic carbocycles. The number of aliphatic hydroxyl groups excluding tert-OH is 1. The maximum atomic E-state index is 12.9. The lowest BCUT2D eigenvalue weighted by molar-refractivity contribution is 0.0916. The Morgan fingerprint density at radius 2 is 2.00 bits per heavy atom. The molecule has 2 rings (SSSR count). The number of amides is 1. The first-order valence-electron chi connectivity index (χ1n) is 8.92. The van der Waals surface area contributed by atoms with Gasteiger partial charge >= 0.3 is 0 Å². The number of aromatic nitrogens is 3. The van der Waals surface area contributed by atoms with Crippen LogP contribution in [0.25, 0.3) is 11.0 Å². The van der Waals surface area contributed by atoms with Gasteiger partial charge in [0, 0.05) is 5.69 Å². The van der Waals surface area contributed by atoms with Crippen molar-refractivity contribution < 1.29 is 9.90 Å². The lowest BCUT2D eigenvalue weighted by Gasteiger charge is -2.21. The van der Waals surface area contributed by atoms with Crippen LogP contribution in [0.3, 0.4) is 0 Å². The predicted molar refractivity (Wildman–Crippen MR) is 100.0 cm³/mol. The van der Waals surface area contributed by atoms with E-state index in [9.17, 15) is 9.90 Å². The fourth-order valence-electron chi connectivity index (χ4n) is 2.79. The minimum absolute atomic E-state index is 0.0757. The van der Waals surface area contributed by atoms with Crippen molar-refractivity contribution in [1.82, 2.24) is 20.1 Å². The second-order valence-corrected chi connectivity index (χ2v) is 7.88. The average molecular weight is 346 g/mol. The van der Waals surface area contributed by atoms with Crippen molar-refractivity contribution in [2.45, 2.75) is 72.4 Å². The van der Waals surface area contributed by atoms with Crippen LogP contribution in [0, 0.1) is 6.92 Å². The van der Waals surface area contributed by atoms with Crippen LogP contribution in [0.1, 0.15) is 75.6 Å². The summed E-state index contributed by atoms with van der Waals surface area (Å²) in [7, 11) is 0. The van der Waals surface area contributed by atoms with Crippen molar-refractivity contribution in [2.75, 3.05) is 6.61 Å². The highest BCUT2D eigenvalue weighted by molar-refractivity contribution is 6.06. The monoisotopic (exact) mass is 346 g/mol. The van der Waals surface area contributed by atoms with Crippen LogP contribution >= 0.6 is 0 Å². The van der Waals surface area contributed by atoms with E-state index in [1.54, 1.807) is 0 Å². The molecule has 2 aromatic rings. The molecule has 25 heavy (non-hydrogen) atoms. The van der Waals surface area contributed by atoms with Gasteiger partial charge in [0.25, 0.3) is 5.91 Å². The normalized spacial score (nSPS) is 13.5. The molecular formula is C19H30N4O2. The van der Waals surface area contributed by atoms with Crippen LogP contribution in [-0.4, -0.2) is 38.4 Å². The van der Waals surface area contributed by atoms with E-state index < -0.39 is 0 Å². The van der Waals surface area contributed by atoms with Gasteiger partial charge in [-0.05, 0) is 46.1 Å². The molecule has 138 valence electrons. The van der Waals surface area contributed by atoms with Gasteiger partial charge in [0.05, 0.1) is 34.8 Å². The molecule has 0 saturated carbocycles. The van der Waals surface area contributed by atoms with Gasteiger partial charge in [-0.1, -0.05) is 20.8 Å². The maximum absolute atomic E-state index is 12.9. The minimum atomic E-state index is -0.254. The molecule has 6 nitrogen and oxygen atoms in total. The van der Waals surface area contributed by atoms with Crippen LogP contribution in [-0.2, 0) is 5.54 Å². The van der Waals surface area contributed by atoms with Gasteiger partial charge in [-0.3, -0.25) is 4.79 Å². The molecule has 2 heterocycles. The van der Waals surface area contributed by atoms with Crippen molar-refractivity contribution in [3.05, 3.63) is 23.0 Å². The number of carbonyl (C=O) groups is 1. The van der Waals surface area contributed by atoms with Crippen LogP contribution in [0.5, 0.6) is 0 Å². The smallest absolute Gasteiger partial charge is 0.252 e. The molecule has 0 fully saturated rings. The zero-order chi connectivity index (χ0) is 18.9. The standard InChI is InChI=1S/C19H30N4O2/c1-8-13(10-24)20-18(25)14-9-15(11(2)3)21-17-16(14)12(4)22-23(17)19(5,6)7/h9,11,13,24H,8,10H2,1-7H3,(H,20,25). The van der Waals surface area contributed by atoms with Crippen molar-refractivity contribution in [1.29, 1.82) is 0 Å². The maximum Gasteiger partial charge on any atom is 0.252 e. The number of nitrogens with zero attached hydrogens (tertiary/aromatic N) is 3. The highest BCUT2D eigenvalue weighted by Crippen LogP contribution is 2.28. The zero-order valence-electron chi connectivity index (χ0n) is 16.3. The molecular weight excluding hydrogens is 316 g/mol. The third-order valence-corrected chi connectivity index (χ3v) is 4.35. The summed E-state index contributed by atoms with van der Waals surface area (Å²) >= 11 is 0. The molecule has 6 heteroatoms. The third-order valence-electron chi connectivity index (χ3n) is 4.35. The van der Waals surface area contributed by atoms with E-state index in [4.69, 9.17) is 4.98 Å². The fraction of sp³-hybridized carbons (Fsp3) is 0.632. The SMILES string of the molecule is CCC(CO)NC(=O)c1cc(C(C)C)nc2c1c(C)nn2C(C)(C)C. The number of nitrogens with one attached hydrogen (secondary N) is 1. The van der Waals surface area contributed by atoms with Gasteiger partial charge in [0.2, 0.25) is 0 Å². The third kappa shape index (κ3) is 3.84. The van der Waals surface area contributed by atoms with Crippen molar-refractivity contribution in [3.8, 4) is 0 Å². The van der Waals surface area contributed by atoms with E-state index in [0.29, 0.717) is 12.0 Å². The van der Waals surface area contributed by atoms with Crippen LogP contribution in [0.15, 0.2) is 6.07 Å². The first-order valence-corrected chi connectivity index (χ1v) is 8.92. The Kier molecular flexibility index (Phi) is 5.52. The Labute approximate surface area is 149 Å². The van der Waals surface area contributed by atoms with E-state index in [1.165, 1.54) is 0 Å². The van der Waals surface area contributed by atoms with Gasteiger partial charge in [-0.2, -0.15) is 5.10 Å². The Bertz CT molecular complexity index is 768. The Morgan fingerprint density at radius 1 is 1.36 bits per heavy atom. The zero-order valence-corrected chi connectivity index (χ0v) is 16.3. The van der Waals surface area contributed by atoms with E-state index in [0.717, 1.165) is 22.4 Å². The van der Waals surface area contributed by atoms with Gasteiger partial charge in [0.15, 0.2) is 5.65 Å². The van der Waals surface area contributed by atoms with Crippen LogP contribution in [0.2, 0.25) is 0 Å². The lowest BCUT2D eigenvalue weighted by atomic mass is 10.0. The number of carbonyl (C=O) groups excluding carboxylic acids is 1. The summed E-state index contributed by atoms with van der Waals surface area (Å²) in [5.41, 5.74) is 2.72. The molecule has 1 amide bonds. The van der Waals surface area contributed by atoms with Gasteiger partial charge in [-0.15, -0.1) is 0 Å². The predicted octanol–water partition coefficient (Wildman–Crippen LogP) is 3.12. The number of fused-ring (bicyclic) bond motifs is 1. The number of hydrogen-bond donors (Lipinski definition) is 2. The summed E-state index contributed by atoms with van der Waals surface area (Å²) in [6.45, 7) is 14.1. The van der Waals surface area contributed by atoms with Gasteiger partial charge in [-0.25, -0.2) is 9.67 Å². The highest BCUT2D eigenvalue weighted by atomic mass is 16.3. The minimum Gasteiger partial charge on any atom is -0.394 e. The van der Waals surface area contributed by atoms with E-state index in [1.807, 2.05) is 24.6 Å². The van der Waals surface area contributed by atoms with Crippen LogP contribution in [0.4, 0.5) is 0 Å².